The van der Waals surface area contributed by atoms with E-state index in [1.807, 2.05) is 18.2 Å². The third-order valence-corrected chi connectivity index (χ3v) is 6.99. The zero-order valence-electron chi connectivity index (χ0n) is 15.3. The minimum atomic E-state index is -3.47. The van der Waals surface area contributed by atoms with Crippen molar-refractivity contribution in [1.29, 1.82) is 0 Å². The lowest BCUT2D eigenvalue weighted by atomic mass is 10.1. The van der Waals surface area contributed by atoms with Crippen molar-refractivity contribution in [3.05, 3.63) is 47.8 Å². The molecule has 4 rings (SSSR count). The van der Waals surface area contributed by atoms with E-state index < -0.39 is 10.0 Å². The average Bonchev–Trinajstić information content (AvgIpc) is 2.68. The summed E-state index contributed by atoms with van der Waals surface area (Å²) in [6.07, 6.45) is 3.11. The molecule has 0 bridgehead atoms. The number of sulfonamides is 1. The molecule has 0 N–H and O–H groups in total. The largest absolute Gasteiger partial charge is 0.486 e. The van der Waals surface area contributed by atoms with Crippen molar-refractivity contribution < 1.29 is 17.9 Å². The van der Waals surface area contributed by atoms with Crippen LogP contribution >= 0.6 is 0 Å². The number of aromatic nitrogens is 1. The Morgan fingerprint density at radius 1 is 1.04 bits per heavy atom. The molecule has 1 saturated heterocycles. The third-order valence-electron chi connectivity index (χ3n) is 4.93. The molecule has 0 atom stereocenters. The van der Waals surface area contributed by atoms with Crippen LogP contribution in [0.1, 0.15) is 11.1 Å². The molecule has 0 aliphatic carbocycles. The van der Waals surface area contributed by atoms with Gasteiger partial charge in [-0.25, -0.2) is 8.42 Å². The first kappa shape index (κ1) is 18.2. The van der Waals surface area contributed by atoms with Gasteiger partial charge in [-0.2, -0.15) is 4.31 Å². The fraction of sp³-hybridized carbons (Fsp3) is 0.421. The number of benzene rings is 1. The third kappa shape index (κ3) is 3.78. The van der Waals surface area contributed by atoms with Gasteiger partial charge in [-0.05, 0) is 36.2 Å². The first-order valence-electron chi connectivity index (χ1n) is 9.06. The minimum absolute atomic E-state index is 0.345. The molecule has 2 aliphatic heterocycles. The van der Waals surface area contributed by atoms with Crippen LogP contribution in [0.5, 0.6) is 11.5 Å². The van der Waals surface area contributed by atoms with E-state index in [0.29, 0.717) is 49.9 Å². The molecule has 0 amide bonds. The van der Waals surface area contributed by atoms with Crippen molar-refractivity contribution >= 4 is 10.0 Å². The predicted octanol–water partition coefficient (Wildman–Crippen LogP) is 1.67. The smallest absolute Gasteiger partial charge is 0.243 e. The van der Waals surface area contributed by atoms with E-state index in [0.717, 1.165) is 23.6 Å². The zero-order valence-corrected chi connectivity index (χ0v) is 16.1. The van der Waals surface area contributed by atoms with Gasteiger partial charge >= 0.3 is 0 Å². The highest BCUT2D eigenvalue weighted by Gasteiger charge is 2.29. The first-order chi connectivity index (χ1) is 13.0. The number of hydrogen-bond donors (Lipinski definition) is 0. The maximum Gasteiger partial charge on any atom is 0.243 e. The normalized spacial score (nSPS) is 18.4. The quantitative estimate of drug-likeness (QED) is 0.792. The number of fused-ring (bicyclic) bond motifs is 1. The minimum Gasteiger partial charge on any atom is -0.486 e. The van der Waals surface area contributed by atoms with Gasteiger partial charge in [0, 0.05) is 45.1 Å². The molecule has 0 saturated carbocycles. The van der Waals surface area contributed by atoms with Crippen LogP contribution in [0.25, 0.3) is 0 Å². The molecule has 1 aromatic heterocycles. The Balaban J connectivity index is 1.40. The summed E-state index contributed by atoms with van der Waals surface area (Å²) in [6.45, 7) is 6.04. The Hall–Kier alpha value is -2.16. The Bertz CT molecular complexity index is 924. The molecule has 8 heteroatoms. The van der Waals surface area contributed by atoms with Gasteiger partial charge in [-0.3, -0.25) is 9.88 Å². The second-order valence-corrected chi connectivity index (χ2v) is 8.71. The summed E-state index contributed by atoms with van der Waals surface area (Å²) >= 11 is 0. The topological polar surface area (TPSA) is 72.0 Å². The molecule has 2 aromatic rings. The highest BCUT2D eigenvalue weighted by atomic mass is 32.2. The molecule has 1 fully saturated rings. The summed E-state index contributed by atoms with van der Waals surface area (Å²) < 4.78 is 38.5. The highest BCUT2D eigenvalue weighted by Crippen LogP contribution is 2.31. The highest BCUT2D eigenvalue weighted by molar-refractivity contribution is 7.89. The Labute approximate surface area is 159 Å². The average molecular weight is 389 g/mol. The van der Waals surface area contributed by atoms with E-state index in [1.165, 1.54) is 6.20 Å². The summed E-state index contributed by atoms with van der Waals surface area (Å²) in [5.74, 6) is 1.57. The molecule has 0 spiro atoms. The lowest BCUT2D eigenvalue weighted by Gasteiger charge is -2.34. The van der Waals surface area contributed by atoms with Gasteiger partial charge < -0.3 is 9.47 Å². The van der Waals surface area contributed by atoms with Crippen LogP contribution in [0.15, 0.2) is 41.6 Å². The van der Waals surface area contributed by atoms with Crippen molar-refractivity contribution in [3.63, 3.8) is 0 Å². The molecule has 3 heterocycles. The van der Waals surface area contributed by atoms with Gasteiger partial charge in [-0.1, -0.05) is 6.07 Å². The predicted molar refractivity (Wildman–Crippen MR) is 100 cm³/mol. The number of piperazine rings is 1. The van der Waals surface area contributed by atoms with E-state index in [4.69, 9.17) is 9.47 Å². The second kappa shape index (κ2) is 7.46. The number of rotatable bonds is 4. The molecule has 1 aromatic carbocycles. The van der Waals surface area contributed by atoms with E-state index in [1.54, 1.807) is 23.5 Å². The molecule has 7 nitrogen and oxygen atoms in total. The summed E-state index contributed by atoms with van der Waals surface area (Å²) in [7, 11) is -3.47. The van der Waals surface area contributed by atoms with Crippen LogP contribution in [0.4, 0.5) is 0 Å². The second-order valence-electron chi connectivity index (χ2n) is 6.80. The fourth-order valence-electron chi connectivity index (χ4n) is 3.46. The first-order valence-corrected chi connectivity index (χ1v) is 10.5. The molecular formula is C19H23N3O4S. The Morgan fingerprint density at radius 2 is 1.78 bits per heavy atom. The van der Waals surface area contributed by atoms with Crippen LogP contribution < -0.4 is 9.47 Å². The van der Waals surface area contributed by atoms with Crippen LogP contribution in [-0.4, -0.2) is 62.0 Å². The summed E-state index contributed by atoms with van der Waals surface area (Å²) in [5.41, 5.74) is 1.82. The standard InChI is InChI=1S/C19H23N3O4S/c1-15-13-20-5-4-19(15)27(23,24)22-8-6-21(7-9-22)14-16-2-3-17-18(12-16)26-11-10-25-17/h2-5,12-13H,6-11,14H2,1H3. The Kier molecular flexibility index (Phi) is 5.03. The van der Waals surface area contributed by atoms with E-state index >= 15 is 0 Å². The SMILES string of the molecule is Cc1cnccc1S(=O)(=O)N1CCN(Cc2ccc3c(c2)OCCO3)CC1. The molecule has 144 valence electrons. The molecule has 0 radical (unpaired) electrons. The van der Waals surface area contributed by atoms with Gasteiger partial charge in [0.15, 0.2) is 11.5 Å². The lowest BCUT2D eigenvalue weighted by molar-refractivity contribution is 0.169. The van der Waals surface area contributed by atoms with Crippen molar-refractivity contribution in [2.24, 2.45) is 0 Å². The fourth-order valence-corrected chi connectivity index (χ4v) is 5.08. The van der Waals surface area contributed by atoms with Crippen molar-refractivity contribution in [3.8, 4) is 11.5 Å². The summed E-state index contributed by atoms with van der Waals surface area (Å²) in [5, 5.41) is 0. The maximum absolute atomic E-state index is 12.9. The molecule has 27 heavy (non-hydrogen) atoms. The maximum atomic E-state index is 12.9. The van der Waals surface area contributed by atoms with E-state index in [2.05, 4.69) is 9.88 Å². The summed E-state index contributed by atoms with van der Waals surface area (Å²) in [4.78, 5) is 6.59. The number of pyridine rings is 1. The van der Waals surface area contributed by atoms with E-state index in [-0.39, 0.29) is 0 Å². The zero-order chi connectivity index (χ0) is 18.9. The Morgan fingerprint density at radius 3 is 2.52 bits per heavy atom. The molecule has 2 aliphatic rings. The van der Waals surface area contributed by atoms with E-state index in [9.17, 15) is 8.42 Å². The molecule has 0 unspecified atom stereocenters. The van der Waals surface area contributed by atoms with Gasteiger partial charge in [0.25, 0.3) is 0 Å². The molecular weight excluding hydrogens is 366 g/mol. The number of hydrogen-bond acceptors (Lipinski definition) is 6. The van der Waals surface area contributed by atoms with Gasteiger partial charge in [0.1, 0.15) is 13.2 Å². The number of ether oxygens (including phenoxy) is 2. The van der Waals surface area contributed by atoms with Crippen LogP contribution in [0.2, 0.25) is 0 Å². The van der Waals surface area contributed by atoms with Crippen LogP contribution in [0, 0.1) is 6.92 Å². The van der Waals surface area contributed by atoms with Crippen molar-refractivity contribution in [1.82, 2.24) is 14.2 Å². The van der Waals surface area contributed by atoms with Crippen LogP contribution in [0.3, 0.4) is 0 Å². The van der Waals surface area contributed by atoms with Crippen molar-refractivity contribution in [2.45, 2.75) is 18.4 Å². The van der Waals surface area contributed by atoms with Gasteiger partial charge in [0.05, 0.1) is 4.90 Å². The lowest BCUT2D eigenvalue weighted by Crippen LogP contribution is -2.48. The monoisotopic (exact) mass is 389 g/mol. The van der Waals surface area contributed by atoms with Crippen LogP contribution in [-0.2, 0) is 16.6 Å². The van der Waals surface area contributed by atoms with Crippen molar-refractivity contribution in [2.75, 3.05) is 39.4 Å². The van der Waals surface area contributed by atoms with Gasteiger partial charge in [0.2, 0.25) is 10.0 Å². The number of nitrogens with zero attached hydrogens (tertiary/aromatic N) is 3. The van der Waals surface area contributed by atoms with Gasteiger partial charge in [-0.15, -0.1) is 0 Å². The number of aryl methyl sites for hydroxylation is 1. The summed E-state index contributed by atoms with van der Waals surface area (Å²) in [6, 6.07) is 7.57.